The molecule has 1 saturated heterocycles. The number of carbonyl (C=O) groups is 1. The number of piperidine rings is 1. The van der Waals surface area contributed by atoms with Gasteiger partial charge in [0.1, 0.15) is 0 Å². The molecule has 0 radical (unpaired) electrons. The van der Waals surface area contributed by atoms with Crippen molar-refractivity contribution < 1.29 is 13.2 Å². The van der Waals surface area contributed by atoms with Crippen LogP contribution in [0, 0.1) is 12.8 Å². The Bertz CT molecular complexity index is 1140. The number of amides is 1. The highest BCUT2D eigenvalue weighted by Gasteiger charge is 2.33. The van der Waals surface area contributed by atoms with E-state index in [9.17, 15) is 13.2 Å². The maximum Gasteiger partial charge on any atom is 0.243 e. The Hall–Kier alpha value is -2.70. The molecule has 6 heteroatoms. The molecule has 0 aromatic heterocycles. The number of anilines is 1. The summed E-state index contributed by atoms with van der Waals surface area (Å²) in [5, 5.41) is 5.13. The maximum absolute atomic E-state index is 13.0. The second-order valence-electron chi connectivity index (χ2n) is 7.57. The van der Waals surface area contributed by atoms with Crippen LogP contribution < -0.4 is 5.32 Å². The third-order valence-corrected chi connectivity index (χ3v) is 7.31. The van der Waals surface area contributed by atoms with Gasteiger partial charge in [0.15, 0.2) is 0 Å². The summed E-state index contributed by atoms with van der Waals surface area (Å²) in [6.45, 7) is 2.57. The molecule has 150 valence electrons. The maximum atomic E-state index is 13.0. The zero-order chi connectivity index (χ0) is 20.4. The van der Waals surface area contributed by atoms with Crippen molar-refractivity contribution >= 4 is 32.4 Å². The Kier molecular flexibility index (Phi) is 5.39. The van der Waals surface area contributed by atoms with Crippen LogP contribution in [0.1, 0.15) is 18.4 Å². The Balaban J connectivity index is 1.48. The first kappa shape index (κ1) is 19.6. The van der Waals surface area contributed by atoms with Gasteiger partial charge in [-0.15, -0.1) is 0 Å². The molecule has 5 nitrogen and oxygen atoms in total. The summed E-state index contributed by atoms with van der Waals surface area (Å²) in [7, 11) is -3.59. The summed E-state index contributed by atoms with van der Waals surface area (Å²) >= 11 is 0. The topological polar surface area (TPSA) is 66.5 Å². The molecule has 29 heavy (non-hydrogen) atoms. The zero-order valence-corrected chi connectivity index (χ0v) is 17.2. The minimum absolute atomic E-state index is 0.135. The van der Waals surface area contributed by atoms with E-state index in [0.717, 1.165) is 22.0 Å². The van der Waals surface area contributed by atoms with E-state index in [1.807, 2.05) is 49.4 Å². The van der Waals surface area contributed by atoms with E-state index in [4.69, 9.17) is 0 Å². The number of aryl methyl sites for hydroxylation is 1. The van der Waals surface area contributed by atoms with Crippen LogP contribution in [0.2, 0.25) is 0 Å². The van der Waals surface area contributed by atoms with Crippen molar-refractivity contribution in [1.82, 2.24) is 4.31 Å². The highest BCUT2D eigenvalue weighted by molar-refractivity contribution is 7.89. The minimum Gasteiger partial charge on any atom is -0.326 e. The highest BCUT2D eigenvalue weighted by Crippen LogP contribution is 2.26. The first-order valence-corrected chi connectivity index (χ1v) is 11.2. The third-order valence-electron chi connectivity index (χ3n) is 5.43. The van der Waals surface area contributed by atoms with E-state index < -0.39 is 10.0 Å². The molecule has 0 aliphatic carbocycles. The van der Waals surface area contributed by atoms with Crippen LogP contribution in [0.4, 0.5) is 5.69 Å². The van der Waals surface area contributed by atoms with Crippen LogP contribution in [0.5, 0.6) is 0 Å². The Morgan fingerprint density at radius 3 is 2.48 bits per heavy atom. The van der Waals surface area contributed by atoms with Gasteiger partial charge in [0, 0.05) is 18.8 Å². The number of nitrogens with zero attached hydrogens (tertiary/aromatic N) is 1. The van der Waals surface area contributed by atoms with Gasteiger partial charge in [-0.05, 0) is 54.8 Å². The van der Waals surface area contributed by atoms with E-state index >= 15 is 0 Å². The number of nitrogens with one attached hydrogen (secondary N) is 1. The normalized spacial score (nSPS) is 17.9. The van der Waals surface area contributed by atoms with Gasteiger partial charge in [0.25, 0.3) is 0 Å². The summed E-state index contributed by atoms with van der Waals surface area (Å²) in [6.07, 6.45) is 1.35. The number of fused-ring (bicyclic) bond motifs is 1. The number of carbonyl (C=O) groups excluding carboxylic acids is 1. The Morgan fingerprint density at radius 2 is 1.72 bits per heavy atom. The van der Waals surface area contributed by atoms with Crippen LogP contribution in [0.15, 0.2) is 71.6 Å². The van der Waals surface area contributed by atoms with E-state index in [0.29, 0.717) is 19.4 Å². The molecule has 1 N–H and O–H groups in total. The van der Waals surface area contributed by atoms with Gasteiger partial charge in [-0.1, -0.05) is 48.0 Å². The van der Waals surface area contributed by atoms with Crippen molar-refractivity contribution in [2.75, 3.05) is 18.4 Å². The van der Waals surface area contributed by atoms with E-state index in [1.54, 1.807) is 24.3 Å². The minimum atomic E-state index is -3.59. The summed E-state index contributed by atoms with van der Waals surface area (Å²) in [6, 6.07) is 20.6. The average molecular weight is 409 g/mol. The quantitative estimate of drug-likeness (QED) is 0.704. The summed E-state index contributed by atoms with van der Waals surface area (Å²) in [5.74, 6) is -0.500. The molecule has 0 spiro atoms. The standard InChI is InChI=1S/C23H24N2O3S/c1-17-8-12-22(13-9-17)29(27,28)25-14-4-7-20(16-25)23(26)24-21-11-10-18-5-2-3-6-19(18)15-21/h2-3,5-6,8-13,15,20H,4,7,14,16H2,1H3,(H,24,26)/t20-/m0/s1. The first-order valence-electron chi connectivity index (χ1n) is 9.80. The van der Waals surface area contributed by atoms with Crippen LogP contribution in [0.25, 0.3) is 10.8 Å². The van der Waals surface area contributed by atoms with Crippen molar-refractivity contribution in [3.8, 4) is 0 Å². The number of hydrogen-bond donors (Lipinski definition) is 1. The molecule has 1 aliphatic rings. The van der Waals surface area contributed by atoms with Crippen molar-refractivity contribution in [3.05, 3.63) is 72.3 Å². The Morgan fingerprint density at radius 1 is 1.00 bits per heavy atom. The van der Waals surface area contributed by atoms with Crippen LogP contribution in [-0.2, 0) is 14.8 Å². The molecule has 4 rings (SSSR count). The van der Waals surface area contributed by atoms with Crippen LogP contribution in [-0.4, -0.2) is 31.7 Å². The van der Waals surface area contributed by atoms with Gasteiger partial charge >= 0.3 is 0 Å². The van der Waals surface area contributed by atoms with Crippen LogP contribution in [0.3, 0.4) is 0 Å². The second-order valence-corrected chi connectivity index (χ2v) is 9.50. The lowest BCUT2D eigenvalue weighted by molar-refractivity contribution is -0.120. The molecule has 0 unspecified atom stereocenters. The molecule has 1 amide bonds. The number of sulfonamides is 1. The van der Waals surface area contributed by atoms with Gasteiger partial charge in [-0.3, -0.25) is 4.79 Å². The Labute approximate surface area is 171 Å². The van der Waals surface area contributed by atoms with Crippen molar-refractivity contribution in [1.29, 1.82) is 0 Å². The molecule has 0 bridgehead atoms. The molecule has 1 fully saturated rings. The third kappa shape index (κ3) is 4.18. The lowest BCUT2D eigenvalue weighted by Crippen LogP contribution is -2.43. The van der Waals surface area contributed by atoms with Crippen molar-refractivity contribution in [2.45, 2.75) is 24.7 Å². The number of rotatable bonds is 4. The average Bonchev–Trinajstić information content (AvgIpc) is 2.74. The zero-order valence-electron chi connectivity index (χ0n) is 16.3. The lowest BCUT2D eigenvalue weighted by Gasteiger charge is -2.31. The van der Waals surface area contributed by atoms with E-state index in [1.165, 1.54) is 4.31 Å². The molecular formula is C23H24N2O3S. The molecular weight excluding hydrogens is 384 g/mol. The van der Waals surface area contributed by atoms with Crippen molar-refractivity contribution in [3.63, 3.8) is 0 Å². The van der Waals surface area contributed by atoms with Gasteiger partial charge in [-0.2, -0.15) is 4.31 Å². The molecule has 1 heterocycles. The second kappa shape index (κ2) is 7.97. The predicted molar refractivity (Wildman–Crippen MR) is 115 cm³/mol. The highest BCUT2D eigenvalue weighted by atomic mass is 32.2. The van der Waals surface area contributed by atoms with E-state index in [-0.39, 0.29) is 23.3 Å². The van der Waals surface area contributed by atoms with Crippen molar-refractivity contribution in [2.24, 2.45) is 5.92 Å². The largest absolute Gasteiger partial charge is 0.326 e. The molecule has 0 saturated carbocycles. The summed E-state index contributed by atoms with van der Waals surface area (Å²) in [5.41, 5.74) is 1.74. The van der Waals surface area contributed by atoms with Gasteiger partial charge < -0.3 is 5.32 Å². The fourth-order valence-electron chi connectivity index (χ4n) is 3.75. The summed E-state index contributed by atoms with van der Waals surface area (Å²) in [4.78, 5) is 13.1. The summed E-state index contributed by atoms with van der Waals surface area (Å²) < 4.78 is 27.4. The number of hydrogen-bond acceptors (Lipinski definition) is 3. The fraction of sp³-hybridized carbons (Fsp3) is 0.261. The molecule has 1 aliphatic heterocycles. The van der Waals surface area contributed by atoms with E-state index in [2.05, 4.69) is 5.32 Å². The number of benzene rings is 3. The van der Waals surface area contributed by atoms with Crippen LogP contribution >= 0.6 is 0 Å². The first-order chi connectivity index (χ1) is 13.9. The predicted octanol–water partition coefficient (Wildman–Crippen LogP) is 4.19. The van der Waals surface area contributed by atoms with Gasteiger partial charge in [0.05, 0.1) is 10.8 Å². The fourth-order valence-corrected chi connectivity index (χ4v) is 5.27. The monoisotopic (exact) mass is 408 g/mol. The molecule has 1 atom stereocenters. The van der Waals surface area contributed by atoms with Gasteiger partial charge in [-0.25, -0.2) is 8.42 Å². The lowest BCUT2D eigenvalue weighted by atomic mass is 9.98. The molecule has 3 aromatic rings. The SMILES string of the molecule is Cc1ccc(S(=O)(=O)N2CCC[C@H](C(=O)Nc3ccc4ccccc4c3)C2)cc1. The molecule has 3 aromatic carbocycles. The van der Waals surface area contributed by atoms with Gasteiger partial charge in [0.2, 0.25) is 15.9 Å². The smallest absolute Gasteiger partial charge is 0.243 e.